The zero-order chi connectivity index (χ0) is 16.5. The Labute approximate surface area is 139 Å². The molecule has 1 aromatic rings. The molecule has 3 N–H and O–H groups in total. The number of urea groups is 1. The van der Waals surface area contributed by atoms with Crippen LogP contribution in [0.25, 0.3) is 0 Å². The molecule has 0 spiro atoms. The molecule has 23 heavy (non-hydrogen) atoms. The molecule has 1 aliphatic rings. The Balaban J connectivity index is 1.74. The normalized spacial score (nSPS) is 17.7. The average molecular weight is 319 g/mol. The number of hydrogen-bond acceptors (Lipinski definition) is 3. The molecular formula is C18H29N3O2. The van der Waals surface area contributed by atoms with Gasteiger partial charge in [-0.3, -0.25) is 0 Å². The highest BCUT2D eigenvalue weighted by molar-refractivity contribution is 5.74. The van der Waals surface area contributed by atoms with Crippen LogP contribution in [0, 0.1) is 0 Å². The number of hydrogen-bond donors (Lipinski definition) is 3. The van der Waals surface area contributed by atoms with Crippen LogP contribution < -0.4 is 10.6 Å². The first-order valence-electron chi connectivity index (χ1n) is 8.68. The topological polar surface area (TPSA) is 64.6 Å². The van der Waals surface area contributed by atoms with Crippen molar-refractivity contribution in [3.05, 3.63) is 35.9 Å². The van der Waals surface area contributed by atoms with Crippen molar-refractivity contribution in [3.8, 4) is 0 Å². The van der Waals surface area contributed by atoms with Crippen molar-refractivity contribution in [3.63, 3.8) is 0 Å². The number of benzene rings is 1. The van der Waals surface area contributed by atoms with Crippen molar-refractivity contribution in [2.75, 3.05) is 26.2 Å². The van der Waals surface area contributed by atoms with Gasteiger partial charge in [0, 0.05) is 19.1 Å². The van der Waals surface area contributed by atoms with Gasteiger partial charge in [-0.1, -0.05) is 43.7 Å². The Morgan fingerprint density at radius 2 is 2.00 bits per heavy atom. The van der Waals surface area contributed by atoms with Crippen molar-refractivity contribution in [1.82, 2.24) is 15.5 Å². The van der Waals surface area contributed by atoms with Crippen molar-refractivity contribution >= 4 is 6.03 Å². The number of nitrogens with zero attached hydrogens (tertiary/aromatic N) is 1. The zero-order valence-electron chi connectivity index (χ0n) is 14.0. The Bertz CT molecular complexity index is 459. The Morgan fingerprint density at radius 1 is 1.30 bits per heavy atom. The Hall–Kier alpha value is -1.59. The molecule has 1 unspecified atom stereocenters. The first kappa shape index (κ1) is 17.8. The van der Waals surface area contributed by atoms with Gasteiger partial charge in [-0.2, -0.15) is 0 Å². The number of aliphatic hydroxyl groups excluding tert-OH is 1. The third kappa shape index (κ3) is 5.84. The van der Waals surface area contributed by atoms with Gasteiger partial charge in [0.05, 0.1) is 12.6 Å². The second-order valence-corrected chi connectivity index (χ2v) is 6.23. The van der Waals surface area contributed by atoms with Crippen molar-refractivity contribution in [2.24, 2.45) is 0 Å². The van der Waals surface area contributed by atoms with E-state index < -0.39 is 0 Å². The first-order chi connectivity index (χ1) is 11.2. The van der Waals surface area contributed by atoms with Gasteiger partial charge in [0.15, 0.2) is 0 Å². The Kier molecular flexibility index (Phi) is 7.36. The fourth-order valence-corrected chi connectivity index (χ4v) is 2.99. The van der Waals surface area contributed by atoms with Gasteiger partial charge in [0.25, 0.3) is 0 Å². The summed E-state index contributed by atoms with van der Waals surface area (Å²) in [6.07, 6.45) is 4.45. The molecule has 2 amide bonds. The number of nitrogens with one attached hydrogen (secondary N) is 2. The summed E-state index contributed by atoms with van der Waals surface area (Å²) in [5.74, 6) is 0. The number of piperidine rings is 1. The number of unbranched alkanes of at least 4 members (excludes halogenated alkanes) is 1. The van der Waals surface area contributed by atoms with Gasteiger partial charge in [-0.05, 0) is 31.4 Å². The molecule has 1 fully saturated rings. The molecule has 5 heteroatoms. The predicted molar refractivity (Wildman–Crippen MR) is 92.3 cm³/mol. The van der Waals surface area contributed by atoms with E-state index in [1.165, 1.54) is 12.8 Å². The van der Waals surface area contributed by atoms with Crippen LogP contribution in [-0.4, -0.2) is 48.3 Å². The summed E-state index contributed by atoms with van der Waals surface area (Å²) in [7, 11) is 0. The minimum atomic E-state index is -0.360. The fraction of sp³-hybridized carbons (Fsp3) is 0.611. The minimum absolute atomic E-state index is 0.104. The smallest absolute Gasteiger partial charge is 0.315 e. The highest BCUT2D eigenvalue weighted by Gasteiger charge is 2.21. The van der Waals surface area contributed by atoms with E-state index in [-0.39, 0.29) is 24.7 Å². The van der Waals surface area contributed by atoms with Crippen LogP contribution in [0.2, 0.25) is 0 Å². The van der Waals surface area contributed by atoms with E-state index in [9.17, 15) is 9.90 Å². The maximum atomic E-state index is 12.2. The van der Waals surface area contributed by atoms with E-state index in [2.05, 4.69) is 22.5 Å². The summed E-state index contributed by atoms with van der Waals surface area (Å²) in [5, 5.41) is 15.4. The fourth-order valence-electron chi connectivity index (χ4n) is 2.99. The average Bonchev–Trinajstić information content (AvgIpc) is 2.60. The van der Waals surface area contributed by atoms with Crippen LogP contribution in [0.4, 0.5) is 4.79 Å². The molecule has 128 valence electrons. The molecule has 1 aliphatic heterocycles. The first-order valence-corrected chi connectivity index (χ1v) is 8.68. The maximum Gasteiger partial charge on any atom is 0.315 e. The SMILES string of the molecule is CCCCN1CCC(NC(=O)NC(CO)c2ccccc2)CC1. The quantitative estimate of drug-likeness (QED) is 0.722. The van der Waals surface area contributed by atoms with E-state index in [0.717, 1.165) is 38.0 Å². The third-order valence-electron chi connectivity index (χ3n) is 4.44. The van der Waals surface area contributed by atoms with Gasteiger partial charge in [-0.25, -0.2) is 4.79 Å². The molecule has 0 aliphatic carbocycles. The van der Waals surface area contributed by atoms with Gasteiger partial charge >= 0.3 is 6.03 Å². The van der Waals surface area contributed by atoms with E-state index in [1.807, 2.05) is 30.3 Å². The zero-order valence-corrected chi connectivity index (χ0v) is 14.0. The standard InChI is InChI=1S/C18H29N3O2/c1-2-3-11-21-12-9-16(10-13-21)19-18(23)20-17(14-22)15-7-5-4-6-8-15/h4-8,16-17,22H,2-3,9-14H2,1H3,(H2,19,20,23). The number of likely N-dealkylation sites (tertiary alicyclic amines) is 1. The number of carbonyl (C=O) groups excluding carboxylic acids is 1. The lowest BCUT2D eigenvalue weighted by molar-refractivity contribution is 0.185. The molecule has 0 bridgehead atoms. The summed E-state index contributed by atoms with van der Waals surface area (Å²) < 4.78 is 0. The van der Waals surface area contributed by atoms with Crippen molar-refractivity contribution < 1.29 is 9.90 Å². The van der Waals surface area contributed by atoms with E-state index in [0.29, 0.717) is 0 Å². The summed E-state index contributed by atoms with van der Waals surface area (Å²) in [6, 6.07) is 9.22. The number of rotatable bonds is 7. The summed E-state index contributed by atoms with van der Waals surface area (Å²) >= 11 is 0. The second kappa shape index (κ2) is 9.53. The maximum absolute atomic E-state index is 12.2. The highest BCUT2D eigenvalue weighted by Crippen LogP contribution is 2.13. The van der Waals surface area contributed by atoms with Crippen LogP contribution in [-0.2, 0) is 0 Å². The van der Waals surface area contributed by atoms with Crippen LogP contribution in [0.1, 0.15) is 44.2 Å². The summed E-state index contributed by atoms with van der Waals surface area (Å²) in [6.45, 7) is 5.37. The van der Waals surface area contributed by atoms with Crippen LogP contribution in [0.15, 0.2) is 30.3 Å². The van der Waals surface area contributed by atoms with Crippen LogP contribution >= 0.6 is 0 Å². The van der Waals surface area contributed by atoms with E-state index >= 15 is 0 Å². The molecule has 0 aromatic heterocycles. The minimum Gasteiger partial charge on any atom is -0.394 e. The van der Waals surface area contributed by atoms with E-state index in [4.69, 9.17) is 0 Å². The van der Waals surface area contributed by atoms with E-state index in [1.54, 1.807) is 0 Å². The van der Waals surface area contributed by atoms with Gasteiger partial charge in [0.1, 0.15) is 0 Å². The Morgan fingerprint density at radius 3 is 2.61 bits per heavy atom. The van der Waals surface area contributed by atoms with Crippen LogP contribution in [0.5, 0.6) is 0 Å². The lowest BCUT2D eigenvalue weighted by Crippen LogP contribution is -2.49. The molecule has 0 saturated carbocycles. The van der Waals surface area contributed by atoms with Crippen molar-refractivity contribution in [1.29, 1.82) is 0 Å². The molecule has 1 atom stereocenters. The summed E-state index contributed by atoms with van der Waals surface area (Å²) in [4.78, 5) is 14.6. The third-order valence-corrected chi connectivity index (χ3v) is 4.44. The molecule has 2 rings (SSSR count). The monoisotopic (exact) mass is 319 g/mol. The van der Waals surface area contributed by atoms with Gasteiger partial charge in [-0.15, -0.1) is 0 Å². The van der Waals surface area contributed by atoms with Crippen LogP contribution in [0.3, 0.4) is 0 Å². The summed E-state index contributed by atoms with van der Waals surface area (Å²) in [5.41, 5.74) is 0.916. The molecule has 5 nitrogen and oxygen atoms in total. The predicted octanol–water partition coefficient (Wildman–Crippen LogP) is 2.28. The highest BCUT2D eigenvalue weighted by atomic mass is 16.3. The largest absolute Gasteiger partial charge is 0.394 e. The molecule has 1 heterocycles. The lowest BCUT2D eigenvalue weighted by Gasteiger charge is -2.32. The molecule has 1 saturated heterocycles. The number of amides is 2. The second-order valence-electron chi connectivity index (χ2n) is 6.23. The molecular weight excluding hydrogens is 290 g/mol. The molecule has 0 radical (unpaired) electrons. The van der Waals surface area contributed by atoms with Gasteiger partial charge in [0.2, 0.25) is 0 Å². The van der Waals surface area contributed by atoms with Gasteiger partial charge < -0.3 is 20.6 Å². The lowest BCUT2D eigenvalue weighted by atomic mass is 10.0. The molecule has 1 aromatic carbocycles. The number of aliphatic hydroxyl groups is 1. The van der Waals surface area contributed by atoms with Crippen molar-refractivity contribution in [2.45, 2.75) is 44.7 Å². The number of carbonyl (C=O) groups is 1.